The number of carbonyl (C=O) groups is 2. The fourth-order valence-corrected chi connectivity index (χ4v) is 4.16. The molecule has 1 atom stereocenters. The highest BCUT2D eigenvalue weighted by Crippen LogP contribution is 2.43. The second kappa shape index (κ2) is 8.64. The molecule has 1 unspecified atom stereocenters. The second-order valence-electron chi connectivity index (χ2n) is 6.98. The third-order valence-electron chi connectivity index (χ3n) is 4.94. The van der Waals surface area contributed by atoms with E-state index in [1.807, 2.05) is 30.3 Å². The SMILES string of the molecule is COc1cc(C2C(C(=O)C=Cc3ccccc3)=C(O)C(=O)N2c2nnc(C)s2)ccc1O. The fourth-order valence-electron chi connectivity index (χ4n) is 3.44. The van der Waals surface area contributed by atoms with Crippen molar-refractivity contribution >= 4 is 34.2 Å². The van der Waals surface area contributed by atoms with Gasteiger partial charge in [-0.05, 0) is 36.3 Å². The summed E-state index contributed by atoms with van der Waals surface area (Å²) in [6, 6.07) is 12.7. The molecule has 2 aromatic carbocycles. The number of benzene rings is 2. The van der Waals surface area contributed by atoms with E-state index < -0.39 is 23.5 Å². The second-order valence-corrected chi connectivity index (χ2v) is 8.14. The number of phenolic OH excluding ortho intramolecular Hbond substituents is 1. The number of phenols is 1. The van der Waals surface area contributed by atoms with Crippen LogP contribution in [0.25, 0.3) is 6.08 Å². The number of hydrogen-bond acceptors (Lipinski definition) is 8. The van der Waals surface area contributed by atoms with Gasteiger partial charge >= 0.3 is 0 Å². The van der Waals surface area contributed by atoms with Crippen molar-refractivity contribution in [2.75, 3.05) is 12.0 Å². The lowest BCUT2D eigenvalue weighted by molar-refractivity contribution is -0.117. The number of hydrogen-bond donors (Lipinski definition) is 2. The van der Waals surface area contributed by atoms with Crippen LogP contribution >= 0.6 is 11.3 Å². The van der Waals surface area contributed by atoms with E-state index in [0.29, 0.717) is 10.6 Å². The first-order chi connectivity index (χ1) is 15.4. The molecule has 32 heavy (non-hydrogen) atoms. The van der Waals surface area contributed by atoms with Gasteiger partial charge in [0.1, 0.15) is 5.01 Å². The van der Waals surface area contributed by atoms with Crippen molar-refractivity contribution in [1.82, 2.24) is 10.2 Å². The molecule has 2 N–H and O–H groups in total. The van der Waals surface area contributed by atoms with Gasteiger partial charge in [0.2, 0.25) is 5.13 Å². The third-order valence-corrected chi connectivity index (χ3v) is 5.78. The zero-order chi connectivity index (χ0) is 22.8. The number of methoxy groups -OCH3 is 1. The Hall–Kier alpha value is -3.98. The van der Waals surface area contributed by atoms with Gasteiger partial charge < -0.3 is 14.9 Å². The lowest BCUT2D eigenvalue weighted by Gasteiger charge is -2.24. The van der Waals surface area contributed by atoms with E-state index in [2.05, 4.69) is 10.2 Å². The maximum absolute atomic E-state index is 13.2. The number of ether oxygens (including phenoxy) is 1. The third kappa shape index (κ3) is 3.85. The van der Waals surface area contributed by atoms with Gasteiger partial charge in [-0.1, -0.05) is 53.8 Å². The molecule has 8 nitrogen and oxygen atoms in total. The minimum Gasteiger partial charge on any atom is -0.504 e. The predicted molar refractivity (Wildman–Crippen MR) is 120 cm³/mol. The minimum atomic E-state index is -0.975. The average Bonchev–Trinajstić information content (AvgIpc) is 3.34. The Morgan fingerprint density at radius 2 is 1.91 bits per heavy atom. The van der Waals surface area contributed by atoms with Crippen LogP contribution in [0.2, 0.25) is 0 Å². The minimum absolute atomic E-state index is 0.0936. The summed E-state index contributed by atoms with van der Waals surface area (Å²) in [6.07, 6.45) is 2.92. The van der Waals surface area contributed by atoms with E-state index >= 15 is 0 Å². The summed E-state index contributed by atoms with van der Waals surface area (Å²) in [4.78, 5) is 27.4. The van der Waals surface area contributed by atoms with Crippen molar-refractivity contribution in [3.8, 4) is 11.5 Å². The lowest BCUT2D eigenvalue weighted by Crippen LogP contribution is -2.30. The number of amides is 1. The van der Waals surface area contributed by atoms with Crippen LogP contribution in [0, 0.1) is 6.92 Å². The maximum Gasteiger partial charge on any atom is 0.296 e. The highest BCUT2D eigenvalue weighted by molar-refractivity contribution is 7.15. The number of aryl methyl sites for hydroxylation is 1. The van der Waals surface area contributed by atoms with Crippen molar-refractivity contribution in [2.24, 2.45) is 0 Å². The fraction of sp³-hybridized carbons (Fsp3) is 0.130. The summed E-state index contributed by atoms with van der Waals surface area (Å²) in [5.41, 5.74) is 1.16. The van der Waals surface area contributed by atoms with Gasteiger partial charge in [-0.25, -0.2) is 0 Å². The number of ketones is 1. The maximum atomic E-state index is 13.2. The monoisotopic (exact) mass is 449 g/mol. The number of aliphatic hydroxyl groups is 1. The highest BCUT2D eigenvalue weighted by atomic mass is 32.1. The van der Waals surface area contributed by atoms with E-state index in [1.54, 1.807) is 19.1 Å². The molecule has 0 radical (unpaired) electrons. The number of anilines is 1. The Labute approximate surface area is 187 Å². The molecule has 1 aliphatic rings. The van der Waals surface area contributed by atoms with Gasteiger partial charge in [-0.15, -0.1) is 10.2 Å². The number of allylic oxidation sites excluding steroid dienone is 1. The normalized spacial score (nSPS) is 16.2. The predicted octanol–water partition coefficient (Wildman–Crippen LogP) is 3.74. The van der Waals surface area contributed by atoms with Crippen molar-refractivity contribution in [3.63, 3.8) is 0 Å². The summed E-state index contributed by atoms with van der Waals surface area (Å²) in [6.45, 7) is 1.74. The number of aliphatic hydroxyl groups excluding tert-OH is 1. The van der Waals surface area contributed by atoms with E-state index in [1.165, 1.54) is 30.2 Å². The smallest absolute Gasteiger partial charge is 0.296 e. The summed E-state index contributed by atoms with van der Waals surface area (Å²) < 4.78 is 5.19. The van der Waals surface area contributed by atoms with Crippen molar-refractivity contribution in [3.05, 3.63) is 82.1 Å². The number of aromatic hydroxyl groups is 1. The van der Waals surface area contributed by atoms with Crippen molar-refractivity contribution < 1.29 is 24.5 Å². The Morgan fingerprint density at radius 1 is 1.16 bits per heavy atom. The molecule has 0 bridgehead atoms. The Bertz CT molecular complexity index is 1250. The Balaban J connectivity index is 1.81. The topological polar surface area (TPSA) is 113 Å². The largest absolute Gasteiger partial charge is 0.504 e. The van der Waals surface area contributed by atoms with E-state index in [9.17, 15) is 19.8 Å². The van der Waals surface area contributed by atoms with Crippen LogP contribution in [0.5, 0.6) is 11.5 Å². The summed E-state index contributed by atoms with van der Waals surface area (Å²) in [5.74, 6) is -1.86. The molecule has 3 aromatic rings. The van der Waals surface area contributed by atoms with Gasteiger partial charge in [0.25, 0.3) is 5.91 Å². The molecule has 0 saturated carbocycles. The quantitative estimate of drug-likeness (QED) is 0.551. The molecule has 0 saturated heterocycles. The lowest BCUT2D eigenvalue weighted by atomic mass is 9.95. The molecule has 9 heteroatoms. The van der Waals surface area contributed by atoms with Gasteiger partial charge in [0, 0.05) is 0 Å². The average molecular weight is 449 g/mol. The van der Waals surface area contributed by atoms with Crippen LogP contribution < -0.4 is 9.64 Å². The van der Waals surface area contributed by atoms with E-state index in [-0.39, 0.29) is 22.2 Å². The molecule has 0 aliphatic carbocycles. The molecule has 1 aliphatic heterocycles. The number of aromatic nitrogens is 2. The highest BCUT2D eigenvalue weighted by Gasteiger charge is 2.45. The Kier molecular flexibility index (Phi) is 5.74. The first-order valence-electron chi connectivity index (χ1n) is 9.62. The molecule has 1 amide bonds. The van der Waals surface area contributed by atoms with Gasteiger partial charge in [0.05, 0.1) is 18.7 Å². The van der Waals surface area contributed by atoms with Crippen LogP contribution in [0.3, 0.4) is 0 Å². The van der Waals surface area contributed by atoms with Crippen molar-refractivity contribution in [2.45, 2.75) is 13.0 Å². The molecule has 1 aromatic heterocycles. The molecule has 4 rings (SSSR count). The number of rotatable bonds is 6. The molecular weight excluding hydrogens is 430 g/mol. The molecular formula is C23H19N3O5S. The standard InChI is InChI=1S/C23H19N3O5S/c1-13-24-25-23(32-13)26-20(15-9-11-16(27)18(12-15)31-2)19(21(29)22(26)30)17(28)10-8-14-6-4-3-5-7-14/h3-12,20,27,29H,1-2H3. The number of carbonyl (C=O) groups excluding carboxylic acids is 2. The van der Waals surface area contributed by atoms with Crippen LogP contribution in [0.15, 0.2) is 65.9 Å². The van der Waals surface area contributed by atoms with E-state index in [4.69, 9.17) is 4.74 Å². The van der Waals surface area contributed by atoms with Gasteiger partial charge in [-0.3, -0.25) is 14.5 Å². The van der Waals surface area contributed by atoms with Crippen molar-refractivity contribution in [1.29, 1.82) is 0 Å². The Morgan fingerprint density at radius 3 is 2.56 bits per heavy atom. The summed E-state index contributed by atoms with van der Waals surface area (Å²) in [7, 11) is 1.40. The van der Waals surface area contributed by atoms with Gasteiger partial charge in [0.15, 0.2) is 23.0 Å². The molecule has 2 heterocycles. The molecule has 0 fully saturated rings. The molecule has 162 valence electrons. The van der Waals surface area contributed by atoms with Crippen LogP contribution in [-0.4, -0.2) is 39.2 Å². The van der Waals surface area contributed by atoms with Crippen LogP contribution in [-0.2, 0) is 9.59 Å². The number of nitrogens with zero attached hydrogens (tertiary/aromatic N) is 3. The zero-order valence-electron chi connectivity index (χ0n) is 17.2. The summed E-state index contributed by atoms with van der Waals surface area (Å²) in [5, 5.41) is 29.5. The van der Waals surface area contributed by atoms with Crippen LogP contribution in [0.4, 0.5) is 5.13 Å². The van der Waals surface area contributed by atoms with Crippen LogP contribution in [0.1, 0.15) is 22.2 Å². The van der Waals surface area contributed by atoms with E-state index in [0.717, 1.165) is 16.9 Å². The van der Waals surface area contributed by atoms with Gasteiger partial charge in [-0.2, -0.15) is 0 Å². The first-order valence-corrected chi connectivity index (χ1v) is 10.4. The zero-order valence-corrected chi connectivity index (χ0v) is 18.0. The molecule has 0 spiro atoms. The summed E-state index contributed by atoms with van der Waals surface area (Å²) >= 11 is 1.16. The first kappa shape index (κ1) is 21.3.